The molecule has 1 fully saturated rings. The number of hydrogen-bond acceptors (Lipinski definition) is 5. The summed E-state index contributed by atoms with van der Waals surface area (Å²) in [4.78, 5) is 12.2. The van der Waals surface area contributed by atoms with Gasteiger partial charge in [0.05, 0.1) is 4.92 Å². The molecule has 0 saturated carbocycles. The molecule has 116 valence electrons. The third-order valence-electron chi connectivity index (χ3n) is 4.10. The highest BCUT2D eigenvalue weighted by atomic mass is 32.2. The average molecular weight is 312 g/mol. The highest BCUT2D eigenvalue weighted by molar-refractivity contribution is 7.90. The van der Waals surface area contributed by atoms with E-state index in [0.29, 0.717) is 5.92 Å². The van der Waals surface area contributed by atoms with E-state index in [-0.39, 0.29) is 10.6 Å². The summed E-state index contributed by atoms with van der Waals surface area (Å²) in [6.45, 7) is 3.90. The third-order valence-corrected chi connectivity index (χ3v) is 5.22. The lowest BCUT2D eigenvalue weighted by molar-refractivity contribution is -0.387. The van der Waals surface area contributed by atoms with Gasteiger partial charge in [-0.2, -0.15) is 0 Å². The van der Waals surface area contributed by atoms with Crippen molar-refractivity contribution in [3.63, 3.8) is 0 Å². The third kappa shape index (κ3) is 3.53. The molecular weight excluding hydrogens is 292 g/mol. The van der Waals surface area contributed by atoms with Gasteiger partial charge in [0.2, 0.25) is 0 Å². The van der Waals surface area contributed by atoms with Crippen molar-refractivity contribution in [1.29, 1.82) is 0 Å². The number of hydrogen-bond donors (Lipinski definition) is 0. The number of piperidine rings is 1. The Morgan fingerprint density at radius 2 is 1.95 bits per heavy atom. The first-order valence-corrected chi connectivity index (χ1v) is 8.95. The van der Waals surface area contributed by atoms with E-state index in [4.69, 9.17) is 0 Å². The van der Waals surface area contributed by atoms with Crippen LogP contribution in [0.4, 0.5) is 11.4 Å². The average Bonchev–Trinajstić information content (AvgIpc) is 2.45. The number of nitro groups is 1. The van der Waals surface area contributed by atoms with Gasteiger partial charge in [0.15, 0.2) is 9.84 Å². The van der Waals surface area contributed by atoms with E-state index >= 15 is 0 Å². The van der Waals surface area contributed by atoms with Crippen LogP contribution >= 0.6 is 0 Å². The predicted molar refractivity (Wildman–Crippen MR) is 81.4 cm³/mol. The van der Waals surface area contributed by atoms with Gasteiger partial charge in [-0.3, -0.25) is 10.1 Å². The Kier molecular flexibility index (Phi) is 4.51. The highest BCUT2D eigenvalue weighted by Crippen LogP contribution is 2.31. The summed E-state index contributed by atoms with van der Waals surface area (Å²) in [6.07, 6.45) is 4.30. The summed E-state index contributed by atoms with van der Waals surface area (Å²) in [5.74, 6) is 0.716. The minimum absolute atomic E-state index is 0.206. The number of benzene rings is 1. The van der Waals surface area contributed by atoms with Crippen LogP contribution in [0.15, 0.2) is 23.1 Å². The summed E-state index contributed by atoms with van der Waals surface area (Å²) >= 11 is 0. The van der Waals surface area contributed by atoms with Crippen molar-refractivity contribution in [2.24, 2.45) is 5.92 Å². The Labute approximate surface area is 124 Å². The van der Waals surface area contributed by atoms with Crippen LogP contribution in [0.25, 0.3) is 0 Å². The van der Waals surface area contributed by atoms with Gasteiger partial charge in [0, 0.05) is 31.1 Å². The van der Waals surface area contributed by atoms with Gasteiger partial charge in [-0.15, -0.1) is 0 Å². The molecular formula is C14H20N2O4S. The molecule has 0 atom stereocenters. The molecule has 1 aromatic carbocycles. The second kappa shape index (κ2) is 6.01. The second-order valence-electron chi connectivity index (χ2n) is 5.52. The lowest BCUT2D eigenvalue weighted by Crippen LogP contribution is -2.33. The van der Waals surface area contributed by atoms with E-state index < -0.39 is 14.8 Å². The second-order valence-corrected chi connectivity index (χ2v) is 7.50. The number of nitrogens with zero attached hydrogens (tertiary/aromatic N) is 2. The summed E-state index contributed by atoms with van der Waals surface area (Å²) in [5.41, 5.74) is 0.389. The SMILES string of the molecule is CCC1CCN(c2ccc([N+](=O)[O-])c(S(C)(=O)=O)c2)CC1. The molecule has 0 unspecified atom stereocenters. The monoisotopic (exact) mass is 312 g/mol. The molecule has 2 rings (SSSR count). The van der Waals surface area contributed by atoms with Gasteiger partial charge in [-0.1, -0.05) is 13.3 Å². The minimum atomic E-state index is -3.62. The smallest absolute Gasteiger partial charge is 0.288 e. The first-order valence-electron chi connectivity index (χ1n) is 7.06. The normalized spacial score (nSPS) is 17.0. The fourth-order valence-electron chi connectivity index (χ4n) is 2.75. The molecule has 0 N–H and O–H groups in total. The zero-order valence-electron chi connectivity index (χ0n) is 12.3. The van der Waals surface area contributed by atoms with E-state index in [0.717, 1.165) is 44.3 Å². The number of sulfone groups is 1. The van der Waals surface area contributed by atoms with E-state index in [1.54, 1.807) is 6.07 Å². The molecule has 1 aromatic rings. The number of rotatable bonds is 4. The van der Waals surface area contributed by atoms with Crippen molar-refractivity contribution < 1.29 is 13.3 Å². The first-order chi connectivity index (χ1) is 9.82. The van der Waals surface area contributed by atoms with Crippen molar-refractivity contribution >= 4 is 21.2 Å². The van der Waals surface area contributed by atoms with Gasteiger partial charge in [-0.25, -0.2) is 8.42 Å². The number of nitro benzene ring substituents is 1. The molecule has 1 aliphatic heterocycles. The maximum Gasteiger partial charge on any atom is 0.288 e. The largest absolute Gasteiger partial charge is 0.371 e. The van der Waals surface area contributed by atoms with Crippen LogP contribution in [-0.2, 0) is 9.84 Å². The molecule has 0 bridgehead atoms. The van der Waals surface area contributed by atoms with E-state index in [2.05, 4.69) is 11.8 Å². The first kappa shape index (κ1) is 15.8. The minimum Gasteiger partial charge on any atom is -0.371 e. The van der Waals surface area contributed by atoms with Crippen molar-refractivity contribution in [2.75, 3.05) is 24.2 Å². The van der Waals surface area contributed by atoms with Crippen LogP contribution in [0.1, 0.15) is 26.2 Å². The quantitative estimate of drug-likeness (QED) is 0.630. The molecule has 21 heavy (non-hydrogen) atoms. The van der Waals surface area contributed by atoms with E-state index in [9.17, 15) is 18.5 Å². The van der Waals surface area contributed by atoms with Crippen LogP contribution in [0.5, 0.6) is 0 Å². The Hall–Kier alpha value is -1.63. The molecule has 7 heteroatoms. The van der Waals surface area contributed by atoms with Crippen LogP contribution in [-0.4, -0.2) is 32.7 Å². The number of anilines is 1. The van der Waals surface area contributed by atoms with Gasteiger partial charge >= 0.3 is 0 Å². The van der Waals surface area contributed by atoms with Crippen molar-refractivity contribution in [1.82, 2.24) is 0 Å². The standard InChI is InChI=1S/C14H20N2O4S/c1-3-11-6-8-15(9-7-11)12-4-5-13(16(17)18)14(10-12)21(2,19)20/h4-5,10-11H,3,6-9H2,1-2H3. The van der Waals surface area contributed by atoms with Crippen LogP contribution < -0.4 is 4.90 Å². The van der Waals surface area contributed by atoms with Crippen LogP contribution in [0.3, 0.4) is 0 Å². The molecule has 6 nitrogen and oxygen atoms in total. The fraction of sp³-hybridized carbons (Fsp3) is 0.571. The van der Waals surface area contributed by atoms with Gasteiger partial charge in [0.1, 0.15) is 4.90 Å². The topological polar surface area (TPSA) is 80.5 Å². The Balaban J connectivity index is 2.33. The zero-order valence-corrected chi connectivity index (χ0v) is 13.1. The molecule has 1 heterocycles. The maximum absolute atomic E-state index is 11.8. The summed E-state index contributed by atoms with van der Waals surface area (Å²) in [7, 11) is -3.62. The Bertz CT molecular complexity index is 634. The summed E-state index contributed by atoms with van der Waals surface area (Å²) < 4.78 is 23.5. The Morgan fingerprint density at radius 1 is 1.33 bits per heavy atom. The summed E-state index contributed by atoms with van der Waals surface area (Å²) in [5, 5.41) is 11.0. The van der Waals surface area contributed by atoms with Gasteiger partial charge < -0.3 is 4.90 Å². The van der Waals surface area contributed by atoms with Gasteiger partial charge in [0.25, 0.3) is 5.69 Å². The Morgan fingerprint density at radius 3 is 2.43 bits per heavy atom. The van der Waals surface area contributed by atoms with E-state index in [1.807, 2.05) is 0 Å². The maximum atomic E-state index is 11.8. The molecule has 0 aliphatic carbocycles. The van der Waals surface area contributed by atoms with E-state index in [1.165, 1.54) is 12.1 Å². The predicted octanol–water partition coefficient (Wildman–Crippen LogP) is 2.62. The molecule has 0 spiro atoms. The van der Waals surface area contributed by atoms with Crippen molar-refractivity contribution in [3.8, 4) is 0 Å². The van der Waals surface area contributed by atoms with Crippen LogP contribution in [0.2, 0.25) is 0 Å². The lowest BCUT2D eigenvalue weighted by atomic mass is 9.94. The molecule has 1 saturated heterocycles. The molecule has 0 amide bonds. The molecule has 1 aliphatic rings. The van der Waals surface area contributed by atoms with Gasteiger partial charge in [-0.05, 0) is 30.9 Å². The molecule has 0 aromatic heterocycles. The molecule has 0 radical (unpaired) electrons. The van der Waals surface area contributed by atoms with Crippen molar-refractivity contribution in [3.05, 3.63) is 28.3 Å². The zero-order chi connectivity index (χ0) is 15.6. The fourth-order valence-corrected chi connectivity index (χ4v) is 3.60. The summed E-state index contributed by atoms with van der Waals surface area (Å²) in [6, 6.07) is 4.36. The van der Waals surface area contributed by atoms with Crippen LogP contribution in [0, 0.1) is 16.0 Å². The lowest BCUT2D eigenvalue weighted by Gasteiger charge is -2.33. The van der Waals surface area contributed by atoms with Crippen molar-refractivity contribution in [2.45, 2.75) is 31.1 Å². The highest BCUT2D eigenvalue weighted by Gasteiger charge is 2.25.